The van der Waals surface area contributed by atoms with Gasteiger partial charge in [0.25, 0.3) is 0 Å². The summed E-state index contributed by atoms with van der Waals surface area (Å²) in [4.78, 5) is 13.7. The zero-order valence-corrected chi connectivity index (χ0v) is 10.8. The maximum Gasteiger partial charge on any atom is 0.410 e. The van der Waals surface area contributed by atoms with Gasteiger partial charge in [0, 0.05) is 13.1 Å². The average molecular weight is 239 g/mol. The molecule has 96 valence electrons. The van der Waals surface area contributed by atoms with Gasteiger partial charge in [-0.25, -0.2) is 4.79 Å². The number of carbonyl (C=O) groups excluding carboxylic acids is 1. The number of rotatable bonds is 1. The lowest BCUT2D eigenvalue weighted by Crippen LogP contribution is -2.35. The second-order valence-corrected chi connectivity index (χ2v) is 6.00. The van der Waals surface area contributed by atoms with E-state index in [-0.39, 0.29) is 12.7 Å². The van der Waals surface area contributed by atoms with Crippen molar-refractivity contribution < 1.29 is 14.6 Å². The second kappa shape index (κ2) is 4.33. The molecule has 1 amide bonds. The van der Waals surface area contributed by atoms with E-state index in [4.69, 9.17) is 9.84 Å². The molecule has 4 heteroatoms. The fraction of sp³-hybridized carbons (Fsp3) is 0.769. The Balaban J connectivity index is 1.92. The minimum Gasteiger partial charge on any atom is -0.444 e. The van der Waals surface area contributed by atoms with Gasteiger partial charge in [0.15, 0.2) is 0 Å². The summed E-state index contributed by atoms with van der Waals surface area (Å²) in [6.45, 7) is 7.27. The Morgan fingerprint density at radius 2 is 2.24 bits per heavy atom. The molecule has 0 aromatic carbocycles. The van der Waals surface area contributed by atoms with E-state index in [0.29, 0.717) is 11.8 Å². The van der Waals surface area contributed by atoms with Gasteiger partial charge < -0.3 is 14.7 Å². The maximum atomic E-state index is 11.9. The molecule has 0 saturated carbocycles. The van der Waals surface area contributed by atoms with E-state index in [1.165, 1.54) is 0 Å². The van der Waals surface area contributed by atoms with Crippen molar-refractivity contribution in [3.05, 3.63) is 11.6 Å². The van der Waals surface area contributed by atoms with Crippen molar-refractivity contribution in [3.8, 4) is 0 Å². The summed E-state index contributed by atoms with van der Waals surface area (Å²) in [7, 11) is 0. The van der Waals surface area contributed by atoms with Crippen LogP contribution in [0.3, 0.4) is 0 Å². The second-order valence-electron chi connectivity index (χ2n) is 6.00. The molecule has 4 nitrogen and oxygen atoms in total. The summed E-state index contributed by atoms with van der Waals surface area (Å²) in [5.74, 6) is 0.884. The summed E-state index contributed by atoms with van der Waals surface area (Å²) in [6.07, 6.45) is 2.82. The predicted octanol–water partition coefficient (Wildman–Crippen LogP) is 1.79. The van der Waals surface area contributed by atoms with Gasteiger partial charge in [-0.2, -0.15) is 0 Å². The molecule has 1 N–H and O–H groups in total. The molecule has 0 bridgehead atoms. The monoisotopic (exact) mass is 239 g/mol. The highest BCUT2D eigenvalue weighted by Gasteiger charge is 2.39. The molecule has 0 unspecified atom stereocenters. The van der Waals surface area contributed by atoms with E-state index in [2.05, 4.69) is 6.08 Å². The summed E-state index contributed by atoms with van der Waals surface area (Å²) in [5, 5.41) is 9.08. The first kappa shape index (κ1) is 12.4. The molecule has 2 rings (SSSR count). The quantitative estimate of drug-likeness (QED) is 0.710. The normalized spacial score (nSPS) is 28.0. The zero-order chi connectivity index (χ0) is 12.6. The zero-order valence-electron chi connectivity index (χ0n) is 10.8. The molecule has 1 fully saturated rings. The third-order valence-corrected chi connectivity index (χ3v) is 3.32. The molecule has 1 aliphatic carbocycles. The van der Waals surface area contributed by atoms with Crippen LogP contribution in [0.4, 0.5) is 4.79 Å². The molecular weight excluding hydrogens is 218 g/mol. The fourth-order valence-electron chi connectivity index (χ4n) is 2.60. The topological polar surface area (TPSA) is 49.8 Å². The van der Waals surface area contributed by atoms with Crippen molar-refractivity contribution in [2.24, 2.45) is 11.8 Å². The highest BCUT2D eigenvalue weighted by Crippen LogP contribution is 2.36. The van der Waals surface area contributed by atoms with Crippen LogP contribution in [-0.2, 0) is 4.74 Å². The molecule has 2 atom stereocenters. The third-order valence-electron chi connectivity index (χ3n) is 3.32. The Kier molecular flexibility index (Phi) is 3.17. The van der Waals surface area contributed by atoms with Crippen LogP contribution in [-0.4, -0.2) is 41.4 Å². The first-order valence-corrected chi connectivity index (χ1v) is 6.17. The van der Waals surface area contributed by atoms with Gasteiger partial charge in [0.05, 0.1) is 6.61 Å². The summed E-state index contributed by atoms with van der Waals surface area (Å²) < 4.78 is 5.36. The van der Waals surface area contributed by atoms with Gasteiger partial charge in [0.2, 0.25) is 0 Å². The van der Waals surface area contributed by atoms with Crippen molar-refractivity contribution in [1.29, 1.82) is 0 Å². The Morgan fingerprint density at radius 3 is 2.76 bits per heavy atom. The average Bonchev–Trinajstić information content (AvgIpc) is 2.70. The Hall–Kier alpha value is -1.03. The van der Waals surface area contributed by atoms with E-state index < -0.39 is 5.60 Å². The smallest absolute Gasteiger partial charge is 0.410 e. The van der Waals surface area contributed by atoms with E-state index in [9.17, 15) is 4.79 Å². The van der Waals surface area contributed by atoms with Crippen LogP contribution in [0.1, 0.15) is 27.2 Å². The number of aliphatic hydroxyl groups excluding tert-OH is 1. The van der Waals surface area contributed by atoms with Gasteiger partial charge in [0.1, 0.15) is 5.60 Å². The van der Waals surface area contributed by atoms with E-state index >= 15 is 0 Å². The molecule has 0 aromatic rings. The van der Waals surface area contributed by atoms with Gasteiger partial charge in [-0.1, -0.05) is 6.08 Å². The summed E-state index contributed by atoms with van der Waals surface area (Å²) in [5.41, 5.74) is 0.685. The summed E-state index contributed by atoms with van der Waals surface area (Å²) in [6, 6.07) is 0. The van der Waals surface area contributed by atoms with Crippen molar-refractivity contribution in [3.63, 3.8) is 0 Å². The maximum absolute atomic E-state index is 11.9. The van der Waals surface area contributed by atoms with Crippen molar-refractivity contribution in [2.75, 3.05) is 19.7 Å². The van der Waals surface area contributed by atoms with Crippen LogP contribution in [0.15, 0.2) is 11.6 Å². The Bertz CT molecular complexity index is 343. The largest absolute Gasteiger partial charge is 0.444 e. The Morgan fingerprint density at radius 1 is 1.53 bits per heavy atom. The van der Waals surface area contributed by atoms with Crippen molar-refractivity contribution in [1.82, 2.24) is 4.90 Å². The van der Waals surface area contributed by atoms with Crippen LogP contribution < -0.4 is 0 Å². The number of hydrogen-bond acceptors (Lipinski definition) is 3. The molecule has 1 heterocycles. The van der Waals surface area contributed by atoms with Gasteiger partial charge >= 0.3 is 6.09 Å². The molecule has 0 aromatic heterocycles. The number of carbonyl (C=O) groups is 1. The number of amides is 1. The lowest BCUT2D eigenvalue weighted by atomic mass is 10.00. The standard InChI is InChI=1S/C13H21NO3/c1-13(2,3)17-12(16)14-6-10-4-9(8-15)5-11(10)7-14/h4,10-11,15H,5-8H2,1-3H3/t10-,11+/m1/s1. The SMILES string of the molecule is CC(C)(C)OC(=O)N1C[C@@H]2CC(CO)=C[C@@H]2C1. The van der Waals surface area contributed by atoms with Gasteiger partial charge in [-0.15, -0.1) is 0 Å². The molecule has 2 aliphatic rings. The van der Waals surface area contributed by atoms with Crippen molar-refractivity contribution >= 4 is 6.09 Å². The van der Waals surface area contributed by atoms with Gasteiger partial charge in [-0.05, 0) is 44.6 Å². The van der Waals surface area contributed by atoms with Crippen LogP contribution in [0.2, 0.25) is 0 Å². The minimum absolute atomic E-state index is 0.152. The van der Waals surface area contributed by atoms with Crippen molar-refractivity contribution in [2.45, 2.75) is 32.8 Å². The van der Waals surface area contributed by atoms with Crippen LogP contribution in [0.5, 0.6) is 0 Å². The third kappa shape index (κ3) is 2.80. The first-order chi connectivity index (χ1) is 7.89. The lowest BCUT2D eigenvalue weighted by Gasteiger charge is -2.24. The summed E-state index contributed by atoms with van der Waals surface area (Å²) >= 11 is 0. The predicted molar refractivity (Wildman–Crippen MR) is 64.6 cm³/mol. The minimum atomic E-state index is -0.430. The molecule has 17 heavy (non-hydrogen) atoms. The Labute approximate surface area is 102 Å². The highest BCUT2D eigenvalue weighted by molar-refractivity contribution is 5.68. The molecule has 1 aliphatic heterocycles. The van der Waals surface area contributed by atoms with Gasteiger partial charge in [-0.3, -0.25) is 0 Å². The molecule has 1 saturated heterocycles. The van der Waals surface area contributed by atoms with E-state index in [0.717, 1.165) is 25.1 Å². The number of ether oxygens (including phenoxy) is 1. The number of likely N-dealkylation sites (tertiary alicyclic amines) is 1. The number of fused-ring (bicyclic) bond motifs is 1. The van der Waals surface area contributed by atoms with E-state index in [1.54, 1.807) is 4.90 Å². The van der Waals surface area contributed by atoms with Crippen LogP contribution in [0, 0.1) is 11.8 Å². The highest BCUT2D eigenvalue weighted by atomic mass is 16.6. The first-order valence-electron chi connectivity index (χ1n) is 6.17. The molecule has 0 spiro atoms. The van der Waals surface area contributed by atoms with E-state index in [1.807, 2.05) is 20.8 Å². The number of hydrogen-bond donors (Lipinski definition) is 1. The number of aliphatic hydroxyl groups is 1. The fourth-order valence-corrected chi connectivity index (χ4v) is 2.60. The lowest BCUT2D eigenvalue weighted by molar-refractivity contribution is 0.0285. The molecular formula is C13H21NO3. The van der Waals surface area contributed by atoms with Crippen LogP contribution >= 0.6 is 0 Å². The van der Waals surface area contributed by atoms with Crippen LogP contribution in [0.25, 0.3) is 0 Å². The number of nitrogens with zero attached hydrogens (tertiary/aromatic N) is 1. The molecule has 0 radical (unpaired) electrons.